The fourth-order valence-electron chi connectivity index (χ4n) is 2.34. The van der Waals surface area contributed by atoms with Crippen molar-refractivity contribution in [3.05, 3.63) is 64.3 Å². The van der Waals surface area contributed by atoms with Crippen LogP contribution in [0, 0.1) is 0 Å². The van der Waals surface area contributed by atoms with E-state index in [-0.39, 0.29) is 18.4 Å². The van der Waals surface area contributed by atoms with Gasteiger partial charge in [-0.3, -0.25) is 4.79 Å². The van der Waals surface area contributed by atoms with Crippen LogP contribution >= 0.6 is 15.9 Å². The zero-order chi connectivity index (χ0) is 15.5. The van der Waals surface area contributed by atoms with E-state index in [9.17, 15) is 4.79 Å². The lowest BCUT2D eigenvalue weighted by Gasteiger charge is -2.14. The summed E-state index contributed by atoms with van der Waals surface area (Å²) in [4.78, 5) is 12.2. The van der Waals surface area contributed by atoms with E-state index in [1.807, 2.05) is 55.5 Å². The Hall–Kier alpha value is -2.14. The number of carbonyl (C=O) groups is 1. The molecule has 0 fully saturated rings. The molecule has 0 saturated carbocycles. The lowest BCUT2D eigenvalue weighted by molar-refractivity contribution is -0.121. The third-order valence-electron chi connectivity index (χ3n) is 3.53. The number of nitrogens with one attached hydrogen (secondary N) is 1. The standard InChI is InChI=1S/C17H15BrN2O2/c1-11(12-6-8-13(18)9-7-12)19-17(21)10-15-14-4-2-3-5-16(14)22-20-15/h2-9,11H,10H2,1H3,(H,19,21)/t11-/m0/s1. The minimum atomic E-state index is -0.0746. The normalized spacial score (nSPS) is 12.3. The van der Waals surface area contributed by atoms with Gasteiger partial charge in [-0.05, 0) is 36.8 Å². The second-order valence-corrected chi connectivity index (χ2v) is 6.06. The molecule has 0 unspecified atom stereocenters. The zero-order valence-electron chi connectivity index (χ0n) is 12.0. The molecule has 112 valence electrons. The summed E-state index contributed by atoms with van der Waals surface area (Å²) in [5.41, 5.74) is 2.42. The highest BCUT2D eigenvalue weighted by Crippen LogP contribution is 2.19. The molecule has 0 spiro atoms. The molecule has 1 heterocycles. The number of carbonyl (C=O) groups excluding carboxylic acids is 1. The molecule has 0 radical (unpaired) electrons. The number of amides is 1. The molecule has 5 heteroatoms. The van der Waals surface area contributed by atoms with Gasteiger partial charge < -0.3 is 9.84 Å². The average molecular weight is 359 g/mol. The Morgan fingerprint density at radius 3 is 2.73 bits per heavy atom. The number of halogens is 1. The van der Waals surface area contributed by atoms with Gasteiger partial charge in [-0.1, -0.05) is 45.4 Å². The Labute approximate surface area is 136 Å². The average Bonchev–Trinajstić information content (AvgIpc) is 2.91. The third kappa shape index (κ3) is 3.20. The first-order chi connectivity index (χ1) is 10.6. The Bertz CT molecular complexity index is 796. The predicted molar refractivity (Wildman–Crippen MR) is 88.4 cm³/mol. The minimum absolute atomic E-state index is 0.0567. The molecule has 22 heavy (non-hydrogen) atoms. The molecule has 1 aromatic heterocycles. The molecule has 3 rings (SSSR count). The van der Waals surface area contributed by atoms with Gasteiger partial charge >= 0.3 is 0 Å². The van der Waals surface area contributed by atoms with E-state index < -0.39 is 0 Å². The van der Waals surface area contributed by atoms with Crippen LogP contribution in [0.3, 0.4) is 0 Å². The first kappa shape index (κ1) is 14.8. The first-order valence-corrected chi connectivity index (χ1v) is 7.81. The number of hydrogen-bond acceptors (Lipinski definition) is 3. The molecular formula is C17H15BrN2O2. The van der Waals surface area contributed by atoms with Crippen molar-refractivity contribution in [2.45, 2.75) is 19.4 Å². The van der Waals surface area contributed by atoms with Crippen molar-refractivity contribution in [2.24, 2.45) is 0 Å². The van der Waals surface area contributed by atoms with Crippen molar-refractivity contribution in [1.82, 2.24) is 10.5 Å². The summed E-state index contributed by atoms with van der Waals surface area (Å²) < 4.78 is 6.23. The van der Waals surface area contributed by atoms with Gasteiger partial charge in [-0.2, -0.15) is 0 Å². The van der Waals surface area contributed by atoms with E-state index in [1.54, 1.807) is 0 Å². The fourth-order valence-corrected chi connectivity index (χ4v) is 2.61. The monoisotopic (exact) mass is 358 g/mol. The van der Waals surface area contributed by atoms with Crippen molar-refractivity contribution < 1.29 is 9.32 Å². The van der Waals surface area contributed by atoms with Crippen molar-refractivity contribution >= 4 is 32.8 Å². The number of hydrogen-bond donors (Lipinski definition) is 1. The lowest BCUT2D eigenvalue weighted by atomic mass is 10.1. The van der Waals surface area contributed by atoms with Gasteiger partial charge in [0.15, 0.2) is 5.58 Å². The summed E-state index contributed by atoms with van der Waals surface area (Å²) in [6, 6.07) is 15.4. The first-order valence-electron chi connectivity index (χ1n) is 7.01. The van der Waals surface area contributed by atoms with Crippen molar-refractivity contribution in [3.63, 3.8) is 0 Å². The highest BCUT2D eigenvalue weighted by Gasteiger charge is 2.14. The molecule has 1 atom stereocenters. The molecule has 0 aliphatic carbocycles. The maximum absolute atomic E-state index is 12.2. The number of nitrogens with zero attached hydrogens (tertiary/aromatic N) is 1. The summed E-state index contributed by atoms with van der Waals surface area (Å²) >= 11 is 3.40. The molecule has 4 nitrogen and oxygen atoms in total. The van der Waals surface area contributed by atoms with Gasteiger partial charge in [0, 0.05) is 9.86 Å². The van der Waals surface area contributed by atoms with Crippen LogP contribution in [0.1, 0.15) is 24.2 Å². The van der Waals surface area contributed by atoms with E-state index in [2.05, 4.69) is 26.4 Å². The predicted octanol–water partition coefficient (Wildman–Crippen LogP) is 4.01. The minimum Gasteiger partial charge on any atom is -0.356 e. The molecule has 0 bridgehead atoms. The second-order valence-electron chi connectivity index (χ2n) is 5.14. The molecule has 0 saturated heterocycles. The van der Waals surface area contributed by atoms with Crippen molar-refractivity contribution in [2.75, 3.05) is 0 Å². The smallest absolute Gasteiger partial charge is 0.226 e. The van der Waals surface area contributed by atoms with Crippen LogP contribution in [-0.2, 0) is 11.2 Å². The summed E-state index contributed by atoms with van der Waals surface area (Å²) in [5, 5.41) is 7.85. The molecule has 0 aliphatic heterocycles. The van der Waals surface area contributed by atoms with E-state index in [0.717, 1.165) is 15.4 Å². The van der Waals surface area contributed by atoms with Crippen molar-refractivity contribution in [1.29, 1.82) is 0 Å². The molecule has 0 aliphatic rings. The second kappa shape index (κ2) is 6.32. The molecular weight excluding hydrogens is 344 g/mol. The molecule has 1 N–H and O–H groups in total. The Morgan fingerprint density at radius 1 is 1.23 bits per heavy atom. The Kier molecular flexibility index (Phi) is 4.24. The van der Waals surface area contributed by atoms with Crippen LogP contribution in [0.25, 0.3) is 11.0 Å². The fraction of sp³-hybridized carbons (Fsp3) is 0.176. The molecule has 2 aromatic carbocycles. The maximum atomic E-state index is 12.2. The van der Waals surface area contributed by atoms with Crippen LogP contribution in [0.4, 0.5) is 0 Å². The van der Waals surface area contributed by atoms with Crippen LogP contribution in [0.15, 0.2) is 57.5 Å². The van der Waals surface area contributed by atoms with Gasteiger partial charge in [0.1, 0.15) is 5.69 Å². The Morgan fingerprint density at radius 2 is 1.95 bits per heavy atom. The molecule has 1 amide bonds. The number of fused-ring (bicyclic) bond motifs is 1. The van der Waals surface area contributed by atoms with Gasteiger partial charge in [0.05, 0.1) is 12.5 Å². The van der Waals surface area contributed by atoms with Crippen LogP contribution < -0.4 is 5.32 Å². The van der Waals surface area contributed by atoms with Crippen LogP contribution in [0.2, 0.25) is 0 Å². The Balaban J connectivity index is 1.68. The topological polar surface area (TPSA) is 55.1 Å². The number of rotatable bonds is 4. The van der Waals surface area contributed by atoms with Crippen LogP contribution in [0.5, 0.6) is 0 Å². The van der Waals surface area contributed by atoms with E-state index in [4.69, 9.17) is 4.52 Å². The van der Waals surface area contributed by atoms with Gasteiger partial charge in [0.25, 0.3) is 0 Å². The number of benzene rings is 2. The number of para-hydroxylation sites is 1. The van der Waals surface area contributed by atoms with E-state index in [1.165, 1.54) is 0 Å². The SMILES string of the molecule is C[C@H](NC(=O)Cc1noc2ccccc12)c1ccc(Br)cc1. The van der Waals surface area contributed by atoms with E-state index >= 15 is 0 Å². The van der Waals surface area contributed by atoms with E-state index in [0.29, 0.717) is 11.3 Å². The highest BCUT2D eigenvalue weighted by atomic mass is 79.9. The van der Waals surface area contributed by atoms with Gasteiger partial charge in [-0.25, -0.2) is 0 Å². The quantitative estimate of drug-likeness (QED) is 0.766. The molecule has 3 aromatic rings. The van der Waals surface area contributed by atoms with Gasteiger partial charge in [0.2, 0.25) is 5.91 Å². The lowest BCUT2D eigenvalue weighted by Crippen LogP contribution is -2.28. The maximum Gasteiger partial charge on any atom is 0.226 e. The highest BCUT2D eigenvalue weighted by molar-refractivity contribution is 9.10. The largest absolute Gasteiger partial charge is 0.356 e. The van der Waals surface area contributed by atoms with Gasteiger partial charge in [-0.15, -0.1) is 0 Å². The zero-order valence-corrected chi connectivity index (χ0v) is 13.6. The van der Waals surface area contributed by atoms with Crippen molar-refractivity contribution in [3.8, 4) is 0 Å². The number of aromatic nitrogens is 1. The third-order valence-corrected chi connectivity index (χ3v) is 4.06. The van der Waals surface area contributed by atoms with Crippen LogP contribution in [-0.4, -0.2) is 11.1 Å². The summed E-state index contributed by atoms with van der Waals surface area (Å²) in [6.07, 6.45) is 0.206. The summed E-state index contributed by atoms with van der Waals surface area (Å²) in [5.74, 6) is -0.0746. The summed E-state index contributed by atoms with van der Waals surface area (Å²) in [7, 11) is 0. The summed E-state index contributed by atoms with van der Waals surface area (Å²) in [6.45, 7) is 1.96.